The van der Waals surface area contributed by atoms with Crippen LogP contribution in [0.3, 0.4) is 0 Å². The molecule has 1 aliphatic rings. The second-order valence-corrected chi connectivity index (χ2v) is 4.21. The number of benzene rings is 1. The molecule has 0 unspecified atom stereocenters. The average Bonchev–Trinajstić information content (AvgIpc) is 2.39. The zero-order valence-electron chi connectivity index (χ0n) is 9.76. The van der Waals surface area contributed by atoms with Crippen molar-refractivity contribution >= 4 is 5.82 Å². The quantitative estimate of drug-likeness (QED) is 0.793. The van der Waals surface area contributed by atoms with Gasteiger partial charge in [-0.1, -0.05) is 0 Å². The van der Waals surface area contributed by atoms with Gasteiger partial charge in [0.05, 0.1) is 18.9 Å². The van der Waals surface area contributed by atoms with Crippen molar-refractivity contribution in [2.24, 2.45) is 0 Å². The fourth-order valence-electron chi connectivity index (χ4n) is 2.00. The highest BCUT2D eigenvalue weighted by Gasteiger charge is 2.17. The first-order valence-corrected chi connectivity index (χ1v) is 5.76. The number of aromatic nitrogens is 2. The van der Waals surface area contributed by atoms with E-state index in [1.54, 1.807) is 24.3 Å². The maximum absolute atomic E-state index is 9.27. The van der Waals surface area contributed by atoms with Crippen molar-refractivity contribution in [3.63, 3.8) is 0 Å². The molecule has 1 aliphatic heterocycles. The highest BCUT2D eigenvalue weighted by Crippen LogP contribution is 2.25. The normalized spacial score (nSPS) is 14.2. The Labute approximate surface area is 104 Å². The number of hydrogen-bond acceptors (Lipinski definition) is 5. The van der Waals surface area contributed by atoms with Gasteiger partial charge in [-0.15, -0.1) is 0 Å². The molecule has 0 bridgehead atoms. The zero-order valence-corrected chi connectivity index (χ0v) is 9.76. The summed E-state index contributed by atoms with van der Waals surface area (Å²) in [5, 5.41) is 9.27. The molecular weight excluding hydrogens is 230 g/mol. The molecule has 2 heterocycles. The second-order valence-electron chi connectivity index (χ2n) is 4.21. The van der Waals surface area contributed by atoms with Crippen molar-refractivity contribution in [2.45, 2.75) is 13.0 Å². The standard InChI is InChI=1S/C13H13N3O2/c14-12-10-7-18-6-5-11(10)15-13(16-12)8-1-3-9(17)4-2-8/h1-4,17H,5-7H2,(H2,14,15,16). The molecule has 0 saturated carbocycles. The van der Waals surface area contributed by atoms with E-state index in [4.69, 9.17) is 10.5 Å². The minimum Gasteiger partial charge on any atom is -0.508 e. The molecule has 1 aromatic carbocycles. The van der Waals surface area contributed by atoms with Crippen molar-refractivity contribution in [1.82, 2.24) is 9.97 Å². The maximum atomic E-state index is 9.27. The minimum absolute atomic E-state index is 0.220. The van der Waals surface area contributed by atoms with Crippen molar-refractivity contribution in [1.29, 1.82) is 0 Å². The Morgan fingerprint density at radius 3 is 2.72 bits per heavy atom. The third-order valence-corrected chi connectivity index (χ3v) is 2.98. The van der Waals surface area contributed by atoms with Crippen LogP contribution >= 0.6 is 0 Å². The predicted octanol–water partition coefficient (Wildman–Crippen LogP) is 1.50. The van der Waals surface area contributed by atoms with Crippen LogP contribution in [0.4, 0.5) is 5.82 Å². The molecule has 3 rings (SSSR count). The number of hydrogen-bond donors (Lipinski definition) is 2. The van der Waals surface area contributed by atoms with E-state index >= 15 is 0 Å². The SMILES string of the molecule is Nc1nc(-c2ccc(O)cc2)nc2c1COCC2. The van der Waals surface area contributed by atoms with Gasteiger partial charge in [-0.3, -0.25) is 0 Å². The maximum Gasteiger partial charge on any atom is 0.161 e. The Hall–Kier alpha value is -2.14. The molecule has 0 atom stereocenters. The van der Waals surface area contributed by atoms with Gasteiger partial charge in [0.2, 0.25) is 0 Å². The number of ether oxygens (including phenoxy) is 1. The summed E-state index contributed by atoms with van der Waals surface area (Å²) < 4.78 is 5.35. The number of nitrogens with two attached hydrogens (primary N) is 1. The van der Waals surface area contributed by atoms with Crippen LogP contribution in [0.5, 0.6) is 5.75 Å². The van der Waals surface area contributed by atoms with Crippen molar-refractivity contribution in [3.05, 3.63) is 35.5 Å². The number of anilines is 1. The summed E-state index contributed by atoms with van der Waals surface area (Å²) >= 11 is 0. The van der Waals surface area contributed by atoms with E-state index in [-0.39, 0.29) is 5.75 Å². The van der Waals surface area contributed by atoms with Crippen LogP contribution in [-0.4, -0.2) is 21.7 Å². The Bertz CT molecular complexity index is 582. The predicted molar refractivity (Wildman–Crippen MR) is 66.9 cm³/mol. The number of nitrogens with zero attached hydrogens (tertiary/aromatic N) is 2. The van der Waals surface area contributed by atoms with E-state index in [2.05, 4.69) is 9.97 Å². The number of nitrogen functional groups attached to an aromatic ring is 1. The highest BCUT2D eigenvalue weighted by atomic mass is 16.5. The van der Waals surface area contributed by atoms with Crippen molar-refractivity contribution in [3.8, 4) is 17.1 Å². The zero-order chi connectivity index (χ0) is 12.5. The van der Waals surface area contributed by atoms with E-state index in [0.717, 1.165) is 23.2 Å². The molecule has 3 N–H and O–H groups in total. The van der Waals surface area contributed by atoms with Crippen molar-refractivity contribution < 1.29 is 9.84 Å². The first-order valence-electron chi connectivity index (χ1n) is 5.76. The van der Waals surface area contributed by atoms with Crippen LogP contribution in [0.1, 0.15) is 11.3 Å². The molecule has 2 aromatic rings. The molecule has 0 radical (unpaired) electrons. The lowest BCUT2D eigenvalue weighted by atomic mass is 10.1. The first-order chi connectivity index (χ1) is 8.74. The number of rotatable bonds is 1. The average molecular weight is 243 g/mol. The summed E-state index contributed by atoms with van der Waals surface area (Å²) in [4.78, 5) is 8.81. The lowest BCUT2D eigenvalue weighted by Gasteiger charge is -2.17. The Morgan fingerprint density at radius 1 is 1.17 bits per heavy atom. The van der Waals surface area contributed by atoms with Crippen LogP contribution in [0.15, 0.2) is 24.3 Å². The largest absolute Gasteiger partial charge is 0.508 e. The molecule has 0 saturated heterocycles. The number of phenolic OH excluding ortho intramolecular Hbond substituents is 1. The number of phenols is 1. The fraction of sp³-hybridized carbons (Fsp3) is 0.231. The highest BCUT2D eigenvalue weighted by molar-refractivity contribution is 5.59. The number of aromatic hydroxyl groups is 1. The molecule has 0 aliphatic carbocycles. The third-order valence-electron chi connectivity index (χ3n) is 2.98. The van der Waals surface area contributed by atoms with Crippen LogP contribution in [0, 0.1) is 0 Å². The minimum atomic E-state index is 0.220. The third kappa shape index (κ3) is 1.89. The van der Waals surface area contributed by atoms with Crippen LogP contribution in [0.25, 0.3) is 11.4 Å². The van der Waals surface area contributed by atoms with Gasteiger partial charge < -0.3 is 15.6 Å². The van der Waals surface area contributed by atoms with Crippen LogP contribution in [-0.2, 0) is 17.8 Å². The van der Waals surface area contributed by atoms with E-state index in [1.165, 1.54) is 0 Å². The molecule has 92 valence electrons. The smallest absolute Gasteiger partial charge is 0.161 e. The molecule has 0 spiro atoms. The van der Waals surface area contributed by atoms with Gasteiger partial charge in [0.25, 0.3) is 0 Å². The van der Waals surface area contributed by atoms with Gasteiger partial charge in [0.1, 0.15) is 11.6 Å². The van der Waals surface area contributed by atoms with Gasteiger partial charge in [-0.25, -0.2) is 9.97 Å². The molecule has 5 heteroatoms. The molecule has 0 fully saturated rings. The van der Waals surface area contributed by atoms with Gasteiger partial charge >= 0.3 is 0 Å². The summed E-state index contributed by atoms with van der Waals surface area (Å²) in [5.74, 6) is 1.29. The summed E-state index contributed by atoms with van der Waals surface area (Å²) in [6, 6.07) is 6.76. The monoisotopic (exact) mass is 243 g/mol. The van der Waals surface area contributed by atoms with E-state index in [0.29, 0.717) is 24.9 Å². The van der Waals surface area contributed by atoms with E-state index < -0.39 is 0 Å². The van der Waals surface area contributed by atoms with Gasteiger partial charge in [-0.05, 0) is 24.3 Å². The van der Waals surface area contributed by atoms with Gasteiger partial charge in [0.15, 0.2) is 5.82 Å². The Balaban J connectivity index is 2.08. The Morgan fingerprint density at radius 2 is 1.94 bits per heavy atom. The van der Waals surface area contributed by atoms with Crippen LogP contribution in [0.2, 0.25) is 0 Å². The summed E-state index contributed by atoms with van der Waals surface area (Å²) in [6.45, 7) is 1.15. The molecule has 0 amide bonds. The molecule has 18 heavy (non-hydrogen) atoms. The summed E-state index contributed by atoms with van der Waals surface area (Å²) in [5.41, 5.74) is 8.62. The van der Waals surface area contributed by atoms with Gasteiger partial charge in [0, 0.05) is 17.5 Å². The molecule has 1 aromatic heterocycles. The van der Waals surface area contributed by atoms with Crippen LogP contribution < -0.4 is 5.73 Å². The second kappa shape index (κ2) is 4.27. The van der Waals surface area contributed by atoms with Gasteiger partial charge in [-0.2, -0.15) is 0 Å². The van der Waals surface area contributed by atoms with E-state index in [1.807, 2.05) is 0 Å². The lowest BCUT2D eigenvalue weighted by Crippen LogP contribution is -2.16. The summed E-state index contributed by atoms with van der Waals surface area (Å²) in [7, 11) is 0. The Kier molecular flexibility index (Phi) is 2.60. The topological polar surface area (TPSA) is 81.3 Å². The molecule has 5 nitrogen and oxygen atoms in total. The fourth-order valence-corrected chi connectivity index (χ4v) is 2.00. The molecular formula is C13H13N3O2. The first kappa shape index (κ1) is 11.0. The summed E-state index contributed by atoms with van der Waals surface area (Å²) in [6.07, 6.45) is 0.757. The number of fused-ring (bicyclic) bond motifs is 1. The van der Waals surface area contributed by atoms with E-state index in [9.17, 15) is 5.11 Å². The lowest BCUT2D eigenvalue weighted by molar-refractivity contribution is 0.109. The van der Waals surface area contributed by atoms with Crippen molar-refractivity contribution in [2.75, 3.05) is 12.3 Å².